The van der Waals surface area contributed by atoms with Gasteiger partial charge in [-0.15, -0.1) is 0 Å². The van der Waals surface area contributed by atoms with Crippen molar-refractivity contribution in [1.29, 1.82) is 0 Å². The first kappa shape index (κ1) is 10.2. The van der Waals surface area contributed by atoms with Gasteiger partial charge in [-0.25, -0.2) is 0 Å². The lowest BCUT2D eigenvalue weighted by atomic mass is 10.1. The zero-order chi connectivity index (χ0) is 10.5. The Balaban J connectivity index is 2.02. The van der Waals surface area contributed by atoms with Crippen LogP contribution in [0, 0.1) is 0 Å². The summed E-state index contributed by atoms with van der Waals surface area (Å²) in [5.74, 6) is 0. The van der Waals surface area contributed by atoms with Crippen LogP contribution in [0.25, 0.3) is 11.0 Å². The van der Waals surface area contributed by atoms with E-state index in [-0.39, 0.29) is 0 Å². The standard InChI is InChI=1S/C12H15NO2/c1-14-9-13-7-6-10-8-15-12-5-3-2-4-11(10)12/h2-5,8,13H,6-7,9H2,1H3. The molecule has 0 unspecified atom stereocenters. The molecule has 0 aliphatic heterocycles. The molecular formula is C12H15NO2. The minimum absolute atomic E-state index is 0.593. The van der Waals surface area contributed by atoms with Crippen LogP contribution >= 0.6 is 0 Å². The molecule has 80 valence electrons. The first-order valence-electron chi connectivity index (χ1n) is 5.06. The number of hydrogen-bond acceptors (Lipinski definition) is 3. The van der Waals surface area contributed by atoms with Crippen molar-refractivity contribution in [2.75, 3.05) is 20.4 Å². The highest BCUT2D eigenvalue weighted by Crippen LogP contribution is 2.20. The smallest absolute Gasteiger partial charge is 0.134 e. The van der Waals surface area contributed by atoms with Gasteiger partial charge in [0, 0.05) is 19.0 Å². The van der Waals surface area contributed by atoms with E-state index in [1.807, 2.05) is 24.5 Å². The summed E-state index contributed by atoms with van der Waals surface area (Å²) in [7, 11) is 1.68. The van der Waals surface area contributed by atoms with Gasteiger partial charge in [0.25, 0.3) is 0 Å². The number of nitrogens with one attached hydrogen (secondary N) is 1. The average Bonchev–Trinajstić information content (AvgIpc) is 2.68. The quantitative estimate of drug-likeness (QED) is 0.600. The van der Waals surface area contributed by atoms with Gasteiger partial charge in [-0.1, -0.05) is 18.2 Å². The first-order chi connectivity index (χ1) is 7.42. The van der Waals surface area contributed by atoms with Crippen LogP contribution in [-0.2, 0) is 11.2 Å². The number of furan rings is 1. The van der Waals surface area contributed by atoms with E-state index < -0.39 is 0 Å². The largest absolute Gasteiger partial charge is 0.464 e. The highest BCUT2D eigenvalue weighted by Gasteiger charge is 2.03. The van der Waals surface area contributed by atoms with Gasteiger partial charge in [0.2, 0.25) is 0 Å². The summed E-state index contributed by atoms with van der Waals surface area (Å²) >= 11 is 0. The van der Waals surface area contributed by atoms with E-state index in [0.29, 0.717) is 6.73 Å². The summed E-state index contributed by atoms with van der Waals surface area (Å²) in [6.45, 7) is 1.49. The molecular weight excluding hydrogens is 190 g/mol. The van der Waals surface area contributed by atoms with Gasteiger partial charge in [0.05, 0.1) is 13.0 Å². The van der Waals surface area contributed by atoms with Gasteiger partial charge in [0.15, 0.2) is 0 Å². The second-order valence-corrected chi connectivity index (χ2v) is 3.44. The van der Waals surface area contributed by atoms with Crippen LogP contribution in [0.2, 0.25) is 0 Å². The highest BCUT2D eigenvalue weighted by molar-refractivity contribution is 5.80. The maximum absolute atomic E-state index is 5.45. The van der Waals surface area contributed by atoms with Crippen molar-refractivity contribution in [2.45, 2.75) is 6.42 Å². The number of methoxy groups -OCH3 is 1. The van der Waals surface area contributed by atoms with Crippen molar-refractivity contribution in [3.05, 3.63) is 36.1 Å². The Morgan fingerprint density at radius 2 is 2.20 bits per heavy atom. The third-order valence-electron chi connectivity index (χ3n) is 2.38. The van der Waals surface area contributed by atoms with E-state index in [4.69, 9.17) is 9.15 Å². The molecule has 1 aromatic heterocycles. The second kappa shape index (κ2) is 4.96. The molecule has 2 aromatic rings. The summed E-state index contributed by atoms with van der Waals surface area (Å²) in [4.78, 5) is 0. The lowest BCUT2D eigenvalue weighted by Gasteiger charge is -2.01. The first-order valence-corrected chi connectivity index (χ1v) is 5.06. The van der Waals surface area contributed by atoms with Gasteiger partial charge in [-0.3, -0.25) is 5.32 Å². The Morgan fingerprint density at radius 3 is 3.07 bits per heavy atom. The minimum atomic E-state index is 0.593. The average molecular weight is 205 g/mol. The fourth-order valence-electron chi connectivity index (χ4n) is 1.62. The molecule has 0 atom stereocenters. The Kier molecular flexibility index (Phi) is 3.37. The van der Waals surface area contributed by atoms with Crippen molar-refractivity contribution in [1.82, 2.24) is 5.32 Å². The molecule has 0 radical (unpaired) electrons. The van der Waals surface area contributed by atoms with E-state index in [1.165, 1.54) is 10.9 Å². The van der Waals surface area contributed by atoms with Gasteiger partial charge < -0.3 is 9.15 Å². The molecule has 3 nitrogen and oxygen atoms in total. The van der Waals surface area contributed by atoms with Crippen molar-refractivity contribution in [2.24, 2.45) is 0 Å². The Hall–Kier alpha value is -1.32. The molecule has 15 heavy (non-hydrogen) atoms. The maximum atomic E-state index is 5.45. The Morgan fingerprint density at radius 1 is 1.33 bits per heavy atom. The number of benzene rings is 1. The van der Waals surface area contributed by atoms with Crippen LogP contribution in [0.5, 0.6) is 0 Å². The molecule has 0 bridgehead atoms. The van der Waals surface area contributed by atoms with Crippen molar-refractivity contribution < 1.29 is 9.15 Å². The van der Waals surface area contributed by atoms with E-state index in [0.717, 1.165) is 18.5 Å². The highest BCUT2D eigenvalue weighted by atomic mass is 16.5. The number of hydrogen-bond donors (Lipinski definition) is 1. The lowest BCUT2D eigenvalue weighted by Crippen LogP contribution is -2.19. The van der Waals surface area contributed by atoms with Gasteiger partial charge in [0.1, 0.15) is 5.58 Å². The number of rotatable bonds is 5. The van der Waals surface area contributed by atoms with Crippen molar-refractivity contribution in [3.63, 3.8) is 0 Å². The van der Waals surface area contributed by atoms with Crippen molar-refractivity contribution >= 4 is 11.0 Å². The lowest BCUT2D eigenvalue weighted by molar-refractivity contribution is 0.176. The van der Waals surface area contributed by atoms with E-state index >= 15 is 0 Å². The molecule has 0 spiro atoms. The van der Waals surface area contributed by atoms with E-state index in [9.17, 15) is 0 Å². The maximum Gasteiger partial charge on any atom is 0.134 e. The molecule has 0 aliphatic carbocycles. The summed E-state index contributed by atoms with van der Waals surface area (Å²) in [6.07, 6.45) is 2.79. The second-order valence-electron chi connectivity index (χ2n) is 3.44. The summed E-state index contributed by atoms with van der Waals surface area (Å²) in [5.41, 5.74) is 2.20. The monoisotopic (exact) mass is 205 g/mol. The number of fused-ring (bicyclic) bond motifs is 1. The predicted octanol–water partition coefficient (Wildman–Crippen LogP) is 2.17. The molecule has 1 N–H and O–H groups in total. The molecule has 1 aromatic carbocycles. The molecule has 2 rings (SSSR count). The van der Waals surface area contributed by atoms with Crippen LogP contribution in [0.1, 0.15) is 5.56 Å². The van der Waals surface area contributed by atoms with E-state index in [2.05, 4.69) is 11.4 Å². The van der Waals surface area contributed by atoms with Gasteiger partial charge in [-0.05, 0) is 18.1 Å². The Bertz CT molecular complexity index is 422. The molecule has 0 saturated carbocycles. The van der Waals surface area contributed by atoms with Crippen LogP contribution < -0.4 is 5.32 Å². The molecule has 0 fully saturated rings. The number of ether oxygens (including phenoxy) is 1. The predicted molar refractivity (Wildman–Crippen MR) is 59.8 cm³/mol. The van der Waals surface area contributed by atoms with Crippen LogP contribution in [-0.4, -0.2) is 20.4 Å². The third-order valence-corrected chi connectivity index (χ3v) is 2.38. The van der Waals surface area contributed by atoms with Crippen LogP contribution in [0.15, 0.2) is 34.9 Å². The SMILES string of the molecule is COCNCCc1coc2ccccc12. The Labute approximate surface area is 89.0 Å². The van der Waals surface area contributed by atoms with Crippen LogP contribution in [0.4, 0.5) is 0 Å². The molecule has 1 heterocycles. The molecule has 0 amide bonds. The zero-order valence-corrected chi connectivity index (χ0v) is 8.82. The summed E-state index contributed by atoms with van der Waals surface area (Å²) in [6, 6.07) is 8.09. The summed E-state index contributed by atoms with van der Waals surface area (Å²) < 4.78 is 10.4. The topological polar surface area (TPSA) is 34.4 Å². The fraction of sp³-hybridized carbons (Fsp3) is 0.333. The van der Waals surface area contributed by atoms with Crippen LogP contribution in [0.3, 0.4) is 0 Å². The van der Waals surface area contributed by atoms with E-state index in [1.54, 1.807) is 7.11 Å². The van der Waals surface area contributed by atoms with Gasteiger partial charge >= 0.3 is 0 Å². The minimum Gasteiger partial charge on any atom is -0.464 e. The molecule has 0 saturated heterocycles. The summed E-state index contributed by atoms with van der Waals surface area (Å²) in [5, 5.41) is 4.38. The number of para-hydroxylation sites is 1. The molecule has 3 heteroatoms. The third kappa shape index (κ3) is 2.37. The normalized spacial score (nSPS) is 11.0. The van der Waals surface area contributed by atoms with Crippen molar-refractivity contribution in [3.8, 4) is 0 Å². The fourth-order valence-corrected chi connectivity index (χ4v) is 1.62. The molecule has 0 aliphatic rings. The van der Waals surface area contributed by atoms with Gasteiger partial charge in [-0.2, -0.15) is 0 Å². The zero-order valence-electron chi connectivity index (χ0n) is 8.82.